The molecule has 102 valence electrons. The molecule has 0 aliphatic carbocycles. The summed E-state index contributed by atoms with van der Waals surface area (Å²) in [6.45, 7) is 4.32. The second-order valence-corrected chi connectivity index (χ2v) is 6.27. The van der Waals surface area contributed by atoms with Crippen LogP contribution in [-0.4, -0.2) is 7.11 Å². The number of halogens is 1. The molecule has 1 heterocycles. The van der Waals surface area contributed by atoms with Crippen molar-refractivity contribution in [2.24, 2.45) is 0 Å². The minimum Gasteiger partial charge on any atom is -0.497 e. The summed E-state index contributed by atoms with van der Waals surface area (Å²) in [4.78, 5) is 1.25. The van der Waals surface area contributed by atoms with Crippen LogP contribution in [0.15, 0.2) is 36.4 Å². The first kappa shape index (κ1) is 14.4. The molecule has 0 fully saturated rings. The minimum atomic E-state index is 0.279. The van der Waals surface area contributed by atoms with E-state index in [1.165, 1.54) is 10.4 Å². The Morgan fingerprint density at radius 3 is 2.26 bits per heavy atom. The fourth-order valence-corrected chi connectivity index (χ4v) is 3.08. The van der Waals surface area contributed by atoms with Crippen LogP contribution in [-0.2, 0) is 0 Å². The highest BCUT2D eigenvalue weighted by Crippen LogP contribution is 2.28. The fraction of sp³-hybridized carbons (Fsp3) is 0.333. The third-order valence-electron chi connectivity index (χ3n) is 3.14. The van der Waals surface area contributed by atoms with Gasteiger partial charge in [-0.15, -0.1) is 11.3 Å². The zero-order valence-electron chi connectivity index (χ0n) is 11.3. The predicted octanol–water partition coefficient (Wildman–Crippen LogP) is 4.82. The van der Waals surface area contributed by atoms with Crippen LogP contribution in [0.25, 0.3) is 0 Å². The third kappa shape index (κ3) is 3.72. The van der Waals surface area contributed by atoms with Gasteiger partial charge in [-0.1, -0.05) is 23.7 Å². The third-order valence-corrected chi connectivity index (χ3v) is 4.55. The second kappa shape index (κ2) is 6.42. The summed E-state index contributed by atoms with van der Waals surface area (Å²) in [6.07, 6.45) is 0. The lowest BCUT2D eigenvalue weighted by Gasteiger charge is -2.19. The molecule has 19 heavy (non-hydrogen) atoms. The van der Waals surface area contributed by atoms with Crippen molar-refractivity contribution in [3.63, 3.8) is 0 Å². The first-order valence-corrected chi connectivity index (χ1v) is 7.45. The fourth-order valence-electron chi connectivity index (χ4n) is 2.01. The summed E-state index contributed by atoms with van der Waals surface area (Å²) >= 11 is 7.59. The molecule has 0 bridgehead atoms. The van der Waals surface area contributed by atoms with Gasteiger partial charge in [-0.25, -0.2) is 0 Å². The maximum atomic E-state index is 5.97. The van der Waals surface area contributed by atoms with E-state index in [9.17, 15) is 0 Å². The Morgan fingerprint density at radius 2 is 1.74 bits per heavy atom. The highest BCUT2D eigenvalue weighted by Gasteiger charge is 2.12. The van der Waals surface area contributed by atoms with Crippen molar-refractivity contribution in [1.82, 2.24) is 5.32 Å². The molecule has 2 rings (SSSR count). The number of ether oxygens (including phenoxy) is 1. The molecule has 0 radical (unpaired) electrons. The van der Waals surface area contributed by atoms with Gasteiger partial charge in [0, 0.05) is 17.0 Å². The summed E-state index contributed by atoms with van der Waals surface area (Å²) in [7, 11) is 1.68. The Morgan fingerprint density at radius 1 is 1.05 bits per heavy atom. The van der Waals surface area contributed by atoms with Crippen molar-refractivity contribution in [3.05, 3.63) is 51.2 Å². The molecule has 2 nitrogen and oxygen atoms in total. The maximum Gasteiger partial charge on any atom is 0.118 e. The summed E-state index contributed by atoms with van der Waals surface area (Å²) in [6, 6.07) is 12.7. The number of thiophene rings is 1. The molecule has 0 aliphatic heterocycles. The van der Waals surface area contributed by atoms with Gasteiger partial charge in [-0.3, -0.25) is 0 Å². The molecule has 1 aromatic carbocycles. The van der Waals surface area contributed by atoms with Crippen molar-refractivity contribution in [3.8, 4) is 5.75 Å². The topological polar surface area (TPSA) is 21.3 Å². The van der Waals surface area contributed by atoms with Crippen LogP contribution in [0.1, 0.15) is 36.4 Å². The van der Waals surface area contributed by atoms with E-state index in [1.807, 2.05) is 18.2 Å². The molecule has 1 aromatic heterocycles. The lowest BCUT2D eigenvalue weighted by atomic mass is 10.1. The van der Waals surface area contributed by atoms with Crippen molar-refractivity contribution >= 4 is 22.9 Å². The first-order chi connectivity index (χ1) is 9.10. The van der Waals surface area contributed by atoms with Crippen molar-refractivity contribution in [2.75, 3.05) is 7.11 Å². The van der Waals surface area contributed by atoms with E-state index >= 15 is 0 Å². The van der Waals surface area contributed by atoms with E-state index < -0.39 is 0 Å². The molecule has 0 spiro atoms. The average Bonchev–Trinajstić information content (AvgIpc) is 2.85. The summed E-state index contributed by atoms with van der Waals surface area (Å²) in [5.41, 5.74) is 1.25. The summed E-state index contributed by atoms with van der Waals surface area (Å²) in [5.74, 6) is 0.883. The van der Waals surface area contributed by atoms with E-state index in [-0.39, 0.29) is 12.1 Å². The largest absolute Gasteiger partial charge is 0.497 e. The monoisotopic (exact) mass is 295 g/mol. The zero-order chi connectivity index (χ0) is 13.8. The molecule has 0 amide bonds. The quantitative estimate of drug-likeness (QED) is 0.853. The highest BCUT2D eigenvalue weighted by molar-refractivity contribution is 7.16. The molecule has 0 saturated carbocycles. The molecule has 4 heteroatoms. The number of hydrogen-bond donors (Lipinski definition) is 1. The molecule has 0 saturated heterocycles. The Bertz CT molecular complexity index is 523. The molecule has 2 atom stereocenters. The van der Waals surface area contributed by atoms with Gasteiger partial charge in [0.25, 0.3) is 0 Å². The van der Waals surface area contributed by atoms with E-state index in [0.717, 1.165) is 10.1 Å². The number of methoxy groups -OCH3 is 1. The lowest BCUT2D eigenvalue weighted by Crippen LogP contribution is -2.21. The molecule has 1 N–H and O–H groups in total. The van der Waals surface area contributed by atoms with Gasteiger partial charge in [0.2, 0.25) is 0 Å². The van der Waals surface area contributed by atoms with Gasteiger partial charge >= 0.3 is 0 Å². The van der Waals surface area contributed by atoms with Gasteiger partial charge in [-0.05, 0) is 43.7 Å². The molecular formula is C15H18ClNOS. The van der Waals surface area contributed by atoms with E-state index in [4.69, 9.17) is 16.3 Å². The van der Waals surface area contributed by atoms with Crippen LogP contribution in [0.4, 0.5) is 0 Å². The number of nitrogens with one attached hydrogen (secondary N) is 1. The van der Waals surface area contributed by atoms with E-state index in [2.05, 4.69) is 37.4 Å². The minimum absolute atomic E-state index is 0.279. The highest BCUT2D eigenvalue weighted by atomic mass is 35.5. The van der Waals surface area contributed by atoms with Crippen LogP contribution < -0.4 is 10.1 Å². The average molecular weight is 296 g/mol. The summed E-state index contributed by atoms with van der Waals surface area (Å²) in [5, 5.41) is 3.57. The van der Waals surface area contributed by atoms with Crippen LogP contribution in [0.3, 0.4) is 0 Å². The molecular weight excluding hydrogens is 278 g/mol. The van der Waals surface area contributed by atoms with Gasteiger partial charge in [0.15, 0.2) is 0 Å². The van der Waals surface area contributed by atoms with Crippen molar-refractivity contribution in [1.29, 1.82) is 0 Å². The Kier molecular flexibility index (Phi) is 4.86. The standard InChI is InChI=1S/C15H18ClNOS/c1-10(12-4-6-13(18-3)7-5-12)17-11(2)14-8-9-15(16)19-14/h4-11,17H,1-3H3/t10-,11?/m0/s1. The second-order valence-electron chi connectivity index (χ2n) is 4.53. The van der Waals surface area contributed by atoms with Gasteiger partial charge in [-0.2, -0.15) is 0 Å². The Hall–Kier alpha value is -1.03. The van der Waals surface area contributed by atoms with Crippen LogP contribution in [0.5, 0.6) is 5.75 Å². The Balaban J connectivity index is 2.01. The SMILES string of the molecule is COc1ccc([C@H](C)NC(C)c2ccc(Cl)s2)cc1. The first-order valence-electron chi connectivity index (χ1n) is 6.25. The number of hydrogen-bond acceptors (Lipinski definition) is 3. The van der Waals surface area contributed by atoms with Crippen LogP contribution >= 0.6 is 22.9 Å². The predicted molar refractivity (Wildman–Crippen MR) is 82.3 cm³/mol. The van der Waals surface area contributed by atoms with E-state index in [0.29, 0.717) is 0 Å². The van der Waals surface area contributed by atoms with Crippen LogP contribution in [0, 0.1) is 0 Å². The lowest BCUT2D eigenvalue weighted by molar-refractivity contribution is 0.414. The molecule has 1 unspecified atom stereocenters. The molecule has 2 aromatic rings. The van der Waals surface area contributed by atoms with Gasteiger partial charge in [0.1, 0.15) is 5.75 Å². The van der Waals surface area contributed by atoms with Crippen LogP contribution in [0.2, 0.25) is 4.34 Å². The number of benzene rings is 1. The van der Waals surface area contributed by atoms with Crippen molar-refractivity contribution in [2.45, 2.75) is 25.9 Å². The summed E-state index contributed by atoms with van der Waals surface area (Å²) < 4.78 is 6.00. The molecule has 0 aliphatic rings. The Labute approximate surface area is 123 Å². The van der Waals surface area contributed by atoms with E-state index in [1.54, 1.807) is 18.4 Å². The van der Waals surface area contributed by atoms with Gasteiger partial charge in [0.05, 0.1) is 11.4 Å². The normalized spacial score (nSPS) is 14.1. The smallest absolute Gasteiger partial charge is 0.118 e. The van der Waals surface area contributed by atoms with Crippen molar-refractivity contribution < 1.29 is 4.74 Å². The van der Waals surface area contributed by atoms with Gasteiger partial charge < -0.3 is 10.1 Å². The maximum absolute atomic E-state index is 5.97. The zero-order valence-corrected chi connectivity index (χ0v) is 12.9. The number of rotatable bonds is 5.